The molecule has 1 fully saturated rings. The second kappa shape index (κ2) is 8.46. The molecule has 21 heavy (non-hydrogen) atoms. The molecule has 0 saturated heterocycles. The van der Waals surface area contributed by atoms with E-state index >= 15 is 0 Å². The molecule has 0 aromatic heterocycles. The van der Waals surface area contributed by atoms with Gasteiger partial charge in [-0.05, 0) is 19.3 Å². The highest BCUT2D eigenvalue weighted by atomic mass is 16.5. The highest BCUT2D eigenvalue weighted by Crippen LogP contribution is 2.34. The molecule has 0 aliphatic heterocycles. The molecule has 0 bridgehead atoms. The van der Waals surface area contributed by atoms with Gasteiger partial charge in [0.2, 0.25) is 5.91 Å². The van der Waals surface area contributed by atoms with Crippen molar-refractivity contribution in [1.29, 1.82) is 0 Å². The van der Waals surface area contributed by atoms with Gasteiger partial charge in [0.25, 0.3) is 0 Å². The number of aliphatic carboxylic acids is 1. The van der Waals surface area contributed by atoms with E-state index in [2.05, 4.69) is 16.0 Å². The minimum absolute atomic E-state index is 0.0715. The first-order valence-corrected chi connectivity index (χ1v) is 7.01. The van der Waals surface area contributed by atoms with E-state index in [-0.39, 0.29) is 25.3 Å². The molecular weight excluding hydrogens is 278 g/mol. The maximum absolute atomic E-state index is 11.7. The predicted molar refractivity (Wildman–Crippen MR) is 74.9 cm³/mol. The first-order chi connectivity index (χ1) is 9.97. The Morgan fingerprint density at radius 2 is 1.90 bits per heavy atom. The normalized spacial score (nSPS) is 15.7. The minimum Gasteiger partial charge on any atom is -0.481 e. The highest BCUT2D eigenvalue weighted by molar-refractivity contribution is 5.79. The van der Waals surface area contributed by atoms with E-state index in [1.807, 2.05) is 0 Å². The molecule has 1 rings (SSSR count). The van der Waals surface area contributed by atoms with Gasteiger partial charge in [0.1, 0.15) is 0 Å². The standard InChI is InChI=1S/C13H23N3O5/c1-21-8-7-14-10(17)3-6-15-12(20)16-13(4-2-5-13)9-11(18)19/h2-9H2,1H3,(H,14,17)(H,18,19)(H2,15,16,20). The summed E-state index contributed by atoms with van der Waals surface area (Å²) in [5.41, 5.74) is -0.628. The van der Waals surface area contributed by atoms with Crippen LogP contribution in [0, 0.1) is 0 Å². The van der Waals surface area contributed by atoms with E-state index in [9.17, 15) is 14.4 Å². The number of carbonyl (C=O) groups excluding carboxylic acids is 2. The number of carboxylic acids is 1. The van der Waals surface area contributed by atoms with Crippen LogP contribution in [-0.4, -0.2) is 55.4 Å². The van der Waals surface area contributed by atoms with E-state index in [0.29, 0.717) is 26.0 Å². The van der Waals surface area contributed by atoms with Crippen LogP contribution in [0.15, 0.2) is 0 Å². The van der Waals surface area contributed by atoms with Crippen LogP contribution in [0.3, 0.4) is 0 Å². The fourth-order valence-corrected chi connectivity index (χ4v) is 2.19. The summed E-state index contributed by atoms with van der Waals surface area (Å²) in [7, 11) is 1.55. The molecule has 1 aliphatic rings. The largest absolute Gasteiger partial charge is 0.481 e. The fraction of sp³-hybridized carbons (Fsp3) is 0.769. The van der Waals surface area contributed by atoms with Crippen LogP contribution in [-0.2, 0) is 14.3 Å². The molecule has 0 unspecified atom stereocenters. The number of ether oxygens (including phenoxy) is 1. The number of hydrogen-bond donors (Lipinski definition) is 4. The summed E-state index contributed by atoms with van der Waals surface area (Å²) in [5.74, 6) is -1.09. The molecule has 120 valence electrons. The van der Waals surface area contributed by atoms with E-state index in [4.69, 9.17) is 9.84 Å². The third kappa shape index (κ3) is 6.44. The van der Waals surface area contributed by atoms with Crippen molar-refractivity contribution in [3.05, 3.63) is 0 Å². The minimum atomic E-state index is -0.924. The summed E-state index contributed by atoms with van der Waals surface area (Å²) in [5, 5.41) is 16.8. The van der Waals surface area contributed by atoms with Crippen LogP contribution in [0.4, 0.5) is 4.79 Å². The summed E-state index contributed by atoms with van der Waals surface area (Å²) in [6, 6.07) is -0.430. The summed E-state index contributed by atoms with van der Waals surface area (Å²) < 4.78 is 4.80. The van der Waals surface area contributed by atoms with Crippen molar-refractivity contribution in [1.82, 2.24) is 16.0 Å². The average Bonchev–Trinajstić information content (AvgIpc) is 2.36. The molecule has 1 saturated carbocycles. The van der Waals surface area contributed by atoms with Crippen LogP contribution in [0.2, 0.25) is 0 Å². The Labute approximate surface area is 123 Å². The SMILES string of the molecule is COCCNC(=O)CCNC(=O)NC1(CC(=O)O)CCC1. The van der Waals surface area contributed by atoms with Gasteiger partial charge >= 0.3 is 12.0 Å². The Kier molecular flexibility index (Phi) is 6.93. The van der Waals surface area contributed by atoms with Gasteiger partial charge in [0.05, 0.1) is 18.6 Å². The Hall–Kier alpha value is -1.83. The molecule has 8 nitrogen and oxygen atoms in total. The zero-order valence-electron chi connectivity index (χ0n) is 12.2. The highest BCUT2D eigenvalue weighted by Gasteiger charge is 2.40. The Morgan fingerprint density at radius 1 is 1.19 bits per heavy atom. The summed E-state index contributed by atoms with van der Waals surface area (Å²) in [6.07, 6.45) is 2.35. The van der Waals surface area contributed by atoms with E-state index in [1.54, 1.807) is 7.11 Å². The number of amides is 3. The van der Waals surface area contributed by atoms with Gasteiger partial charge in [0, 0.05) is 26.6 Å². The molecule has 8 heteroatoms. The number of carbonyl (C=O) groups is 3. The summed E-state index contributed by atoms with van der Waals surface area (Å²) in [6.45, 7) is 1.08. The second-order valence-corrected chi connectivity index (χ2v) is 5.18. The number of methoxy groups -OCH3 is 1. The van der Waals surface area contributed by atoms with Gasteiger partial charge in [-0.15, -0.1) is 0 Å². The first-order valence-electron chi connectivity index (χ1n) is 7.01. The maximum atomic E-state index is 11.7. The van der Waals surface area contributed by atoms with E-state index in [1.165, 1.54) is 0 Å². The lowest BCUT2D eigenvalue weighted by atomic mass is 9.74. The van der Waals surface area contributed by atoms with Gasteiger partial charge in [-0.3, -0.25) is 9.59 Å². The second-order valence-electron chi connectivity index (χ2n) is 5.18. The fourth-order valence-electron chi connectivity index (χ4n) is 2.19. The van der Waals surface area contributed by atoms with Crippen molar-refractivity contribution in [3.8, 4) is 0 Å². The third-order valence-corrected chi connectivity index (χ3v) is 3.44. The monoisotopic (exact) mass is 301 g/mol. The number of nitrogens with one attached hydrogen (secondary N) is 3. The van der Waals surface area contributed by atoms with Crippen LogP contribution < -0.4 is 16.0 Å². The van der Waals surface area contributed by atoms with Crippen LogP contribution in [0.1, 0.15) is 32.1 Å². The molecule has 0 spiro atoms. The van der Waals surface area contributed by atoms with Gasteiger partial charge in [0.15, 0.2) is 0 Å². The molecule has 0 atom stereocenters. The van der Waals surface area contributed by atoms with Crippen molar-refractivity contribution < 1.29 is 24.2 Å². The van der Waals surface area contributed by atoms with Gasteiger partial charge < -0.3 is 25.8 Å². The molecule has 0 heterocycles. The van der Waals surface area contributed by atoms with E-state index < -0.39 is 17.5 Å². The molecule has 4 N–H and O–H groups in total. The number of rotatable bonds is 9. The van der Waals surface area contributed by atoms with Gasteiger partial charge in [-0.2, -0.15) is 0 Å². The summed E-state index contributed by atoms with van der Waals surface area (Å²) in [4.78, 5) is 33.9. The van der Waals surface area contributed by atoms with Crippen molar-refractivity contribution in [2.45, 2.75) is 37.6 Å². The number of hydrogen-bond acceptors (Lipinski definition) is 4. The van der Waals surface area contributed by atoms with Crippen molar-refractivity contribution in [2.24, 2.45) is 0 Å². The van der Waals surface area contributed by atoms with Crippen molar-refractivity contribution >= 4 is 17.9 Å². The number of carboxylic acid groups (broad SMARTS) is 1. The van der Waals surface area contributed by atoms with Gasteiger partial charge in [-0.25, -0.2) is 4.79 Å². The quantitative estimate of drug-likeness (QED) is 0.441. The molecule has 1 aliphatic carbocycles. The van der Waals surface area contributed by atoms with Crippen molar-refractivity contribution in [2.75, 3.05) is 26.8 Å². The Bertz CT molecular complexity index is 382. The number of urea groups is 1. The first kappa shape index (κ1) is 17.2. The van der Waals surface area contributed by atoms with E-state index in [0.717, 1.165) is 6.42 Å². The zero-order valence-corrected chi connectivity index (χ0v) is 12.2. The maximum Gasteiger partial charge on any atom is 0.315 e. The predicted octanol–water partition coefficient (Wildman–Crippen LogP) is -0.164. The summed E-state index contributed by atoms with van der Waals surface area (Å²) >= 11 is 0. The third-order valence-electron chi connectivity index (χ3n) is 3.44. The average molecular weight is 301 g/mol. The molecule has 3 amide bonds. The smallest absolute Gasteiger partial charge is 0.315 e. The van der Waals surface area contributed by atoms with Gasteiger partial charge in [-0.1, -0.05) is 0 Å². The molecule has 0 aromatic carbocycles. The lowest BCUT2D eigenvalue weighted by Gasteiger charge is -2.41. The topological polar surface area (TPSA) is 117 Å². The van der Waals surface area contributed by atoms with Crippen LogP contribution >= 0.6 is 0 Å². The molecule has 0 aromatic rings. The zero-order chi connectivity index (χ0) is 15.7. The van der Waals surface area contributed by atoms with Crippen molar-refractivity contribution in [3.63, 3.8) is 0 Å². The van der Waals surface area contributed by atoms with Crippen LogP contribution in [0.5, 0.6) is 0 Å². The Morgan fingerprint density at radius 3 is 2.43 bits per heavy atom. The molecular formula is C13H23N3O5. The Balaban J connectivity index is 2.18. The molecule has 0 radical (unpaired) electrons. The van der Waals surface area contributed by atoms with Crippen LogP contribution in [0.25, 0.3) is 0 Å². The lowest BCUT2D eigenvalue weighted by molar-refractivity contribution is -0.139. The lowest BCUT2D eigenvalue weighted by Crippen LogP contribution is -2.57.